The van der Waals surface area contributed by atoms with Gasteiger partial charge in [-0.2, -0.15) is 0 Å². The van der Waals surface area contributed by atoms with Gasteiger partial charge in [0.15, 0.2) is 0 Å². The molecule has 1 fully saturated rings. The van der Waals surface area contributed by atoms with Crippen LogP contribution in [0.5, 0.6) is 0 Å². The average Bonchev–Trinajstić information content (AvgIpc) is 3.38. The highest BCUT2D eigenvalue weighted by molar-refractivity contribution is 5.58. The van der Waals surface area contributed by atoms with Crippen molar-refractivity contribution in [2.75, 3.05) is 4.90 Å². The van der Waals surface area contributed by atoms with E-state index in [1.807, 2.05) is 0 Å². The molecular weight excluding hydrogens is 486 g/mol. The summed E-state index contributed by atoms with van der Waals surface area (Å²) in [5, 5.41) is 0. The zero-order valence-corrected chi connectivity index (χ0v) is 24.0. The molecule has 2 nitrogen and oxygen atoms in total. The number of ether oxygens (including phenoxy) is 1. The first kappa shape index (κ1) is 26.4. The van der Waals surface area contributed by atoms with E-state index in [1.54, 1.807) is 0 Å². The van der Waals surface area contributed by atoms with Crippen LogP contribution in [0.25, 0.3) is 0 Å². The number of anilines is 1. The number of nitrogens with zero attached hydrogens (tertiary/aromatic N) is 1. The van der Waals surface area contributed by atoms with Gasteiger partial charge in [-0.15, -0.1) is 0 Å². The monoisotopic (exact) mass is 527 g/mol. The molecule has 5 atom stereocenters. The van der Waals surface area contributed by atoms with E-state index in [4.69, 9.17) is 4.74 Å². The van der Waals surface area contributed by atoms with Gasteiger partial charge in [-0.1, -0.05) is 136 Å². The third-order valence-corrected chi connectivity index (χ3v) is 9.27. The molecule has 6 rings (SSSR count). The standard InChI is InChI=1S/C38H41NO/c1-28-24-25-33(38(2,3)31-20-12-6-13-21-31)35(26-28)40-36-27-34(29-16-8-4-9-17-29)39(32-22-14-7-15-23-32)37(36)30-18-10-5-11-19-30/h4-23,27-28,33-35,37H,24-26H2,1-3H3/t28-,33-,34-,35-,37+/m1/s1. The SMILES string of the molecule is C[C@@H]1CC[C@@H](C(C)(C)c2ccccc2)[C@H](OC2=C[C@H](c3ccccc3)N(c3ccccc3)[C@H]2c2ccccc2)C1. The summed E-state index contributed by atoms with van der Waals surface area (Å²) in [7, 11) is 0. The first-order chi connectivity index (χ1) is 19.5. The topological polar surface area (TPSA) is 12.5 Å². The van der Waals surface area contributed by atoms with Gasteiger partial charge in [0.05, 0.1) is 6.04 Å². The Hall–Kier alpha value is -3.78. The average molecular weight is 528 g/mol. The van der Waals surface area contributed by atoms with E-state index in [1.165, 1.54) is 35.2 Å². The largest absolute Gasteiger partial charge is 0.492 e. The highest BCUT2D eigenvalue weighted by Crippen LogP contribution is 2.50. The van der Waals surface area contributed by atoms with Crippen LogP contribution < -0.4 is 4.90 Å². The molecule has 0 N–H and O–H groups in total. The van der Waals surface area contributed by atoms with Gasteiger partial charge in [-0.3, -0.25) is 0 Å². The van der Waals surface area contributed by atoms with Crippen LogP contribution in [0.15, 0.2) is 133 Å². The zero-order valence-electron chi connectivity index (χ0n) is 24.0. The summed E-state index contributed by atoms with van der Waals surface area (Å²) in [6.07, 6.45) is 6.07. The summed E-state index contributed by atoms with van der Waals surface area (Å²) in [6.45, 7) is 7.23. The summed E-state index contributed by atoms with van der Waals surface area (Å²) in [5.74, 6) is 2.17. The van der Waals surface area contributed by atoms with Gasteiger partial charge in [-0.05, 0) is 59.1 Å². The van der Waals surface area contributed by atoms with Gasteiger partial charge in [0.25, 0.3) is 0 Å². The van der Waals surface area contributed by atoms with E-state index in [-0.39, 0.29) is 23.6 Å². The number of benzene rings is 4. The van der Waals surface area contributed by atoms with Crippen molar-refractivity contribution >= 4 is 5.69 Å². The van der Waals surface area contributed by atoms with Crippen LogP contribution in [-0.2, 0) is 10.2 Å². The third-order valence-electron chi connectivity index (χ3n) is 9.27. The molecule has 0 amide bonds. The second kappa shape index (κ2) is 11.4. The Kier molecular flexibility index (Phi) is 7.52. The van der Waals surface area contributed by atoms with Gasteiger partial charge in [0.1, 0.15) is 17.9 Å². The Morgan fingerprint density at radius 2 is 1.23 bits per heavy atom. The van der Waals surface area contributed by atoms with Crippen LogP contribution in [-0.4, -0.2) is 6.10 Å². The van der Waals surface area contributed by atoms with Gasteiger partial charge in [0, 0.05) is 11.6 Å². The summed E-state index contributed by atoms with van der Waals surface area (Å²) < 4.78 is 7.33. The van der Waals surface area contributed by atoms with Gasteiger partial charge in [-0.25, -0.2) is 0 Å². The summed E-state index contributed by atoms with van der Waals surface area (Å²) >= 11 is 0. The zero-order chi connectivity index (χ0) is 27.5. The Bertz CT molecular complexity index is 1400. The number of hydrogen-bond acceptors (Lipinski definition) is 2. The molecule has 0 aromatic heterocycles. The lowest BCUT2D eigenvalue weighted by Crippen LogP contribution is -2.43. The van der Waals surface area contributed by atoms with Gasteiger partial charge < -0.3 is 9.64 Å². The normalized spacial score (nSPS) is 24.9. The second-order valence-electron chi connectivity index (χ2n) is 12.2. The van der Waals surface area contributed by atoms with Crippen molar-refractivity contribution in [3.8, 4) is 0 Å². The maximum atomic E-state index is 7.33. The van der Waals surface area contributed by atoms with Crippen LogP contribution in [0.2, 0.25) is 0 Å². The van der Waals surface area contributed by atoms with Gasteiger partial charge in [0.2, 0.25) is 0 Å². The number of rotatable bonds is 7. The maximum absolute atomic E-state index is 7.33. The first-order valence-corrected chi connectivity index (χ1v) is 14.9. The van der Waals surface area contributed by atoms with Crippen molar-refractivity contribution < 1.29 is 4.74 Å². The quantitative estimate of drug-likeness (QED) is 0.237. The van der Waals surface area contributed by atoms with Crippen molar-refractivity contribution in [3.63, 3.8) is 0 Å². The van der Waals surface area contributed by atoms with E-state index < -0.39 is 0 Å². The fourth-order valence-corrected chi connectivity index (χ4v) is 7.05. The van der Waals surface area contributed by atoms with Crippen LogP contribution in [0.1, 0.15) is 68.8 Å². The lowest BCUT2D eigenvalue weighted by molar-refractivity contribution is -0.0154. The predicted octanol–water partition coefficient (Wildman–Crippen LogP) is 9.67. The second-order valence-corrected chi connectivity index (χ2v) is 12.2. The van der Waals surface area contributed by atoms with Crippen molar-refractivity contribution in [3.05, 3.63) is 150 Å². The van der Waals surface area contributed by atoms with Crippen LogP contribution >= 0.6 is 0 Å². The Morgan fingerprint density at radius 3 is 1.85 bits per heavy atom. The van der Waals surface area contributed by atoms with Crippen LogP contribution in [0.4, 0.5) is 5.69 Å². The Labute approximate surface area is 240 Å². The molecule has 1 aliphatic heterocycles. The number of hydrogen-bond donors (Lipinski definition) is 0. The molecule has 4 aromatic carbocycles. The summed E-state index contributed by atoms with van der Waals surface area (Å²) in [5.41, 5.74) is 5.17. The molecule has 2 heteroatoms. The predicted molar refractivity (Wildman–Crippen MR) is 166 cm³/mol. The molecule has 1 aliphatic carbocycles. The van der Waals surface area contributed by atoms with Gasteiger partial charge >= 0.3 is 0 Å². The minimum atomic E-state index is 0.00604. The summed E-state index contributed by atoms with van der Waals surface area (Å²) in [4.78, 5) is 2.55. The highest BCUT2D eigenvalue weighted by Gasteiger charge is 2.44. The molecule has 0 radical (unpaired) electrons. The maximum Gasteiger partial charge on any atom is 0.122 e. The first-order valence-electron chi connectivity index (χ1n) is 14.9. The molecule has 0 bridgehead atoms. The third kappa shape index (κ3) is 5.20. The highest BCUT2D eigenvalue weighted by atomic mass is 16.5. The van der Waals surface area contributed by atoms with Crippen molar-refractivity contribution in [1.29, 1.82) is 0 Å². The molecule has 4 aromatic rings. The number of para-hydroxylation sites is 1. The molecule has 2 aliphatic rings. The van der Waals surface area contributed by atoms with Crippen LogP contribution in [0, 0.1) is 11.8 Å². The lowest BCUT2D eigenvalue weighted by Gasteiger charge is -2.45. The van der Waals surface area contributed by atoms with E-state index in [2.05, 4.69) is 153 Å². The smallest absolute Gasteiger partial charge is 0.122 e. The van der Waals surface area contributed by atoms with E-state index >= 15 is 0 Å². The Morgan fingerprint density at radius 1 is 0.675 bits per heavy atom. The lowest BCUT2D eigenvalue weighted by atomic mass is 9.64. The molecule has 204 valence electrons. The van der Waals surface area contributed by atoms with E-state index in [9.17, 15) is 0 Å². The molecule has 0 unspecified atom stereocenters. The molecule has 1 saturated carbocycles. The Balaban J connectivity index is 1.43. The van der Waals surface area contributed by atoms with Crippen LogP contribution in [0.3, 0.4) is 0 Å². The molecule has 0 spiro atoms. The molecular formula is C38H41NO. The van der Waals surface area contributed by atoms with E-state index in [0.29, 0.717) is 11.8 Å². The molecule has 0 saturated heterocycles. The molecule has 40 heavy (non-hydrogen) atoms. The summed E-state index contributed by atoms with van der Waals surface area (Å²) in [6, 6.07) is 43.7. The van der Waals surface area contributed by atoms with Crippen molar-refractivity contribution in [1.82, 2.24) is 0 Å². The fourth-order valence-electron chi connectivity index (χ4n) is 7.05. The minimum absolute atomic E-state index is 0.00604. The fraction of sp³-hybridized carbons (Fsp3) is 0.316. The van der Waals surface area contributed by atoms with Crippen molar-refractivity contribution in [2.24, 2.45) is 11.8 Å². The van der Waals surface area contributed by atoms with E-state index in [0.717, 1.165) is 12.2 Å². The molecule has 1 heterocycles. The minimum Gasteiger partial charge on any atom is -0.492 e. The van der Waals surface area contributed by atoms with Crippen molar-refractivity contribution in [2.45, 2.75) is 63.6 Å².